The number of piperidine rings is 1. The number of furan rings is 1. The zero-order chi connectivity index (χ0) is 13.3. The fraction of sp³-hybridized carbons (Fsp3) is 0.500. The molecule has 1 aromatic rings. The third kappa shape index (κ3) is 2.40. The second-order valence-electron chi connectivity index (χ2n) is 4.19. The Morgan fingerprint density at radius 2 is 2.22 bits per heavy atom. The third-order valence-corrected chi connectivity index (χ3v) is 4.55. The molecule has 0 bridgehead atoms. The number of nitrogens with two attached hydrogens (primary N) is 1. The van der Waals surface area contributed by atoms with E-state index in [1.54, 1.807) is 0 Å². The highest BCUT2D eigenvalue weighted by molar-refractivity contribution is 7.89. The number of carbonyl (C=O) groups is 1. The van der Waals surface area contributed by atoms with Crippen LogP contribution in [-0.2, 0) is 10.0 Å². The van der Waals surface area contributed by atoms with Crippen molar-refractivity contribution in [1.82, 2.24) is 4.31 Å². The lowest BCUT2D eigenvalue weighted by molar-refractivity contribution is 0.0656. The van der Waals surface area contributed by atoms with Crippen molar-refractivity contribution in [2.24, 2.45) is 5.73 Å². The molecule has 1 atom stereocenters. The topological polar surface area (TPSA) is 114 Å². The first-order valence-corrected chi connectivity index (χ1v) is 6.94. The van der Waals surface area contributed by atoms with Gasteiger partial charge in [0.15, 0.2) is 0 Å². The van der Waals surface area contributed by atoms with Gasteiger partial charge in [-0.3, -0.25) is 0 Å². The van der Waals surface area contributed by atoms with Crippen LogP contribution in [0.25, 0.3) is 0 Å². The molecule has 0 radical (unpaired) electrons. The Bertz CT molecular complexity index is 550. The average molecular weight is 274 g/mol. The van der Waals surface area contributed by atoms with E-state index in [1.807, 2.05) is 0 Å². The molecular formula is C10H14N2O5S. The van der Waals surface area contributed by atoms with E-state index < -0.39 is 21.8 Å². The Hall–Kier alpha value is -1.38. The van der Waals surface area contributed by atoms with Crippen LogP contribution in [-0.4, -0.2) is 42.9 Å². The summed E-state index contributed by atoms with van der Waals surface area (Å²) < 4.78 is 30.4. The van der Waals surface area contributed by atoms with Crippen molar-refractivity contribution < 1.29 is 22.7 Å². The number of rotatable bonds is 3. The lowest BCUT2D eigenvalue weighted by Crippen LogP contribution is -2.45. The van der Waals surface area contributed by atoms with Gasteiger partial charge in [0.2, 0.25) is 10.9 Å². The summed E-state index contributed by atoms with van der Waals surface area (Å²) in [5.74, 6) is -1.69. The molecule has 0 aliphatic carbocycles. The molecule has 3 N–H and O–H groups in total. The normalized spacial score (nSPS) is 21.9. The molecule has 7 nitrogen and oxygen atoms in total. The van der Waals surface area contributed by atoms with Crippen molar-refractivity contribution in [3.8, 4) is 0 Å². The molecule has 18 heavy (non-hydrogen) atoms. The van der Waals surface area contributed by atoms with Gasteiger partial charge >= 0.3 is 5.97 Å². The lowest BCUT2D eigenvalue weighted by atomic mass is 10.1. The Morgan fingerprint density at radius 1 is 1.50 bits per heavy atom. The number of nitrogens with zero attached hydrogens (tertiary/aromatic N) is 1. The van der Waals surface area contributed by atoms with E-state index in [4.69, 9.17) is 15.3 Å². The van der Waals surface area contributed by atoms with Gasteiger partial charge in [0, 0.05) is 19.1 Å². The van der Waals surface area contributed by atoms with Gasteiger partial charge in [-0.1, -0.05) is 0 Å². The van der Waals surface area contributed by atoms with Gasteiger partial charge in [-0.2, -0.15) is 4.31 Å². The van der Waals surface area contributed by atoms with Crippen molar-refractivity contribution in [3.05, 3.63) is 17.9 Å². The molecule has 1 aliphatic rings. The molecule has 1 aliphatic heterocycles. The first kappa shape index (κ1) is 13.1. The molecule has 0 amide bonds. The van der Waals surface area contributed by atoms with Crippen LogP contribution in [0.15, 0.2) is 21.6 Å². The molecule has 8 heteroatoms. The van der Waals surface area contributed by atoms with E-state index in [9.17, 15) is 13.2 Å². The largest absolute Gasteiger partial charge is 0.475 e. The van der Waals surface area contributed by atoms with Gasteiger partial charge in [-0.15, -0.1) is 0 Å². The van der Waals surface area contributed by atoms with Gasteiger partial charge in [0.05, 0.1) is 0 Å². The minimum Gasteiger partial charge on any atom is -0.475 e. The zero-order valence-corrected chi connectivity index (χ0v) is 10.4. The number of carboxylic acids is 1. The molecule has 1 aromatic heterocycles. The molecular weight excluding hydrogens is 260 g/mol. The Labute approximate surface area is 104 Å². The highest BCUT2D eigenvalue weighted by Crippen LogP contribution is 2.22. The van der Waals surface area contributed by atoms with Crippen molar-refractivity contribution in [3.63, 3.8) is 0 Å². The van der Waals surface area contributed by atoms with E-state index in [-0.39, 0.29) is 17.7 Å². The minimum absolute atomic E-state index is 0.192. The van der Waals surface area contributed by atoms with Crippen molar-refractivity contribution in [1.29, 1.82) is 0 Å². The van der Waals surface area contributed by atoms with Crippen LogP contribution in [0.1, 0.15) is 23.4 Å². The highest BCUT2D eigenvalue weighted by atomic mass is 32.2. The smallest absolute Gasteiger partial charge is 0.371 e. The summed E-state index contributed by atoms with van der Waals surface area (Å²) in [6.07, 6.45) is 1.47. The van der Waals surface area contributed by atoms with Crippen LogP contribution in [0.2, 0.25) is 0 Å². The number of aromatic carboxylic acids is 1. The summed E-state index contributed by atoms with van der Waals surface area (Å²) in [5.41, 5.74) is 5.72. The van der Waals surface area contributed by atoms with E-state index in [1.165, 1.54) is 4.31 Å². The standard InChI is InChI=1S/C10H14N2O5S/c11-7-2-1-5-12(6-7)18(15,16)9-4-3-8(17-9)10(13)14/h3-4,7H,1-2,5-6,11H2,(H,13,14). The minimum atomic E-state index is -3.78. The predicted octanol–water partition coefficient (Wildman–Crippen LogP) is 0.0896. The average Bonchev–Trinajstić information content (AvgIpc) is 2.79. The maximum absolute atomic E-state index is 12.2. The van der Waals surface area contributed by atoms with Gasteiger partial charge in [-0.05, 0) is 25.0 Å². The van der Waals surface area contributed by atoms with Crippen molar-refractivity contribution >= 4 is 16.0 Å². The molecule has 1 fully saturated rings. The summed E-state index contributed by atoms with van der Waals surface area (Å²) >= 11 is 0. The molecule has 2 heterocycles. The second-order valence-corrected chi connectivity index (χ2v) is 6.06. The van der Waals surface area contributed by atoms with Crippen LogP contribution in [0, 0.1) is 0 Å². The molecule has 0 spiro atoms. The van der Waals surface area contributed by atoms with E-state index >= 15 is 0 Å². The predicted molar refractivity (Wildman–Crippen MR) is 61.6 cm³/mol. The summed E-state index contributed by atoms with van der Waals surface area (Å²) in [6.45, 7) is 0.602. The fourth-order valence-electron chi connectivity index (χ4n) is 1.89. The van der Waals surface area contributed by atoms with E-state index in [0.29, 0.717) is 13.0 Å². The summed E-state index contributed by atoms with van der Waals surface area (Å²) in [4.78, 5) is 10.6. The van der Waals surface area contributed by atoms with Crippen molar-refractivity contribution in [2.75, 3.05) is 13.1 Å². The second kappa shape index (κ2) is 4.71. The van der Waals surface area contributed by atoms with Gasteiger partial charge in [0.1, 0.15) is 0 Å². The quantitative estimate of drug-likeness (QED) is 0.807. The Kier molecular flexibility index (Phi) is 3.42. The number of hydrogen-bond donors (Lipinski definition) is 2. The third-order valence-electron chi connectivity index (χ3n) is 2.81. The van der Waals surface area contributed by atoms with Crippen LogP contribution in [0.4, 0.5) is 0 Å². The lowest BCUT2D eigenvalue weighted by Gasteiger charge is -2.28. The van der Waals surface area contributed by atoms with Crippen LogP contribution in [0.3, 0.4) is 0 Å². The fourth-order valence-corrected chi connectivity index (χ4v) is 3.34. The number of carboxylic acid groups (broad SMARTS) is 1. The number of hydrogen-bond acceptors (Lipinski definition) is 5. The van der Waals surface area contributed by atoms with Crippen molar-refractivity contribution in [2.45, 2.75) is 24.0 Å². The maximum atomic E-state index is 12.2. The molecule has 100 valence electrons. The zero-order valence-electron chi connectivity index (χ0n) is 9.57. The molecule has 0 aromatic carbocycles. The van der Waals surface area contributed by atoms with Gasteiger partial charge in [-0.25, -0.2) is 13.2 Å². The summed E-state index contributed by atoms with van der Waals surface area (Å²) in [7, 11) is -3.78. The molecule has 0 saturated carbocycles. The number of sulfonamides is 1. The van der Waals surface area contributed by atoms with E-state index in [0.717, 1.165) is 18.6 Å². The highest BCUT2D eigenvalue weighted by Gasteiger charge is 2.31. The molecule has 1 unspecified atom stereocenters. The Balaban J connectivity index is 2.26. The first-order valence-electron chi connectivity index (χ1n) is 5.50. The van der Waals surface area contributed by atoms with Crippen LogP contribution >= 0.6 is 0 Å². The molecule has 2 rings (SSSR count). The van der Waals surface area contributed by atoms with Crippen LogP contribution < -0.4 is 5.73 Å². The monoisotopic (exact) mass is 274 g/mol. The first-order chi connectivity index (χ1) is 8.41. The van der Waals surface area contributed by atoms with Crippen LogP contribution in [0.5, 0.6) is 0 Å². The SMILES string of the molecule is NC1CCCN(S(=O)(=O)c2ccc(C(=O)O)o2)C1. The van der Waals surface area contributed by atoms with E-state index in [2.05, 4.69) is 0 Å². The Morgan fingerprint density at radius 3 is 2.78 bits per heavy atom. The van der Waals surface area contributed by atoms with Gasteiger partial charge in [0.25, 0.3) is 10.0 Å². The summed E-state index contributed by atoms with van der Waals surface area (Å²) in [5, 5.41) is 8.34. The molecule has 1 saturated heterocycles. The summed E-state index contributed by atoms with van der Waals surface area (Å²) in [6, 6.07) is 2.08. The van der Waals surface area contributed by atoms with Gasteiger partial charge < -0.3 is 15.3 Å². The maximum Gasteiger partial charge on any atom is 0.371 e.